The second kappa shape index (κ2) is 3.69. The molecule has 0 atom stereocenters. The van der Waals surface area contributed by atoms with E-state index in [4.69, 9.17) is 0 Å². The standard InChI is InChI=1S/C11H20N2S/c1-2-13(3-5-14-4-1)9-11-6-10(7-11)8-12-11/h10,12H,1-9H2. The van der Waals surface area contributed by atoms with Gasteiger partial charge < -0.3 is 10.2 Å². The van der Waals surface area contributed by atoms with Gasteiger partial charge in [-0.25, -0.2) is 0 Å². The summed E-state index contributed by atoms with van der Waals surface area (Å²) in [6.07, 6.45) is 4.30. The minimum atomic E-state index is 0.555. The van der Waals surface area contributed by atoms with Crippen LogP contribution in [0.15, 0.2) is 0 Å². The first-order valence-electron chi connectivity index (χ1n) is 5.91. The van der Waals surface area contributed by atoms with Gasteiger partial charge in [0.15, 0.2) is 0 Å². The molecule has 3 heterocycles. The number of hydrogen-bond acceptors (Lipinski definition) is 3. The predicted molar refractivity (Wildman–Crippen MR) is 61.8 cm³/mol. The Hall–Kier alpha value is 0.270. The molecule has 0 aromatic heterocycles. The van der Waals surface area contributed by atoms with E-state index in [9.17, 15) is 0 Å². The summed E-state index contributed by atoms with van der Waals surface area (Å²) in [6.45, 7) is 5.27. The van der Waals surface area contributed by atoms with Crippen LogP contribution in [0.25, 0.3) is 0 Å². The van der Waals surface area contributed by atoms with Crippen LogP contribution in [0.4, 0.5) is 0 Å². The number of fused-ring (bicyclic) bond motifs is 1. The summed E-state index contributed by atoms with van der Waals surface area (Å²) in [5.74, 6) is 3.75. The van der Waals surface area contributed by atoms with Crippen molar-refractivity contribution in [2.45, 2.75) is 24.8 Å². The summed E-state index contributed by atoms with van der Waals surface area (Å²) in [5, 5.41) is 3.73. The molecule has 1 aliphatic carbocycles. The van der Waals surface area contributed by atoms with E-state index in [1.807, 2.05) is 0 Å². The molecule has 3 heteroatoms. The van der Waals surface area contributed by atoms with E-state index >= 15 is 0 Å². The molecule has 3 saturated heterocycles. The monoisotopic (exact) mass is 212 g/mol. The van der Waals surface area contributed by atoms with Crippen molar-refractivity contribution in [3.05, 3.63) is 0 Å². The zero-order valence-corrected chi connectivity index (χ0v) is 9.61. The molecule has 0 radical (unpaired) electrons. The highest BCUT2D eigenvalue weighted by atomic mass is 32.2. The lowest BCUT2D eigenvalue weighted by molar-refractivity contribution is 0.140. The fourth-order valence-corrected chi connectivity index (χ4v) is 4.19. The number of rotatable bonds is 2. The molecule has 0 amide bonds. The second-order valence-corrected chi connectivity index (χ2v) is 6.40. The van der Waals surface area contributed by atoms with Crippen molar-refractivity contribution in [2.75, 3.05) is 37.7 Å². The van der Waals surface area contributed by atoms with Crippen molar-refractivity contribution >= 4 is 11.8 Å². The van der Waals surface area contributed by atoms with Crippen LogP contribution in [0.3, 0.4) is 0 Å². The molecule has 4 rings (SSSR count). The first-order valence-corrected chi connectivity index (χ1v) is 7.07. The van der Waals surface area contributed by atoms with Gasteiger partial charge in [-0.2, -0.15) is 11.8 Å². The normalized spacial score (nSPS) is 43.3. The zero-order chi connectivity index (χ0) is 9.43. The van der Waals surface area contributed by atoms with Crippen molar-refractivity contribution in [3.63, 3.8) is 0 Å². The van der Waals surface area contributed by atoms with E-state index in [0.29, 0.717) is 5.54 Å². The summed E-state index contributed by atoms with van der Waals surface area (Å²) in [6, 6.07) is 0. The van der Waals surface area contributed by atoms with Crippen molar-refractivity contribution < 1.29 is 0 Å². The minimum Gasteiger partial charge on any atom is -0.310 e. The molecule has 4 aliphatic rings. The molecular weight excluding hydrogens is 192 g/mol. The second-order valence-electron chi connectivity index (χ2n) is 5.18. The Balaban J connectivity index is 1.55. The molecule has 2 nitrogen and oxygen atoms in total. The number of hydrogen-bond donors (Lipinski definition) is 1. The Morgan fingerprint density at radius 2 is 2.21 bits per heavy atom. The summed E-state index contributed by atoms with van der Waals surface area (Å²) < 4.78 is 0. The Bertz CT molecular complexity index is 200. The van der Waals surface area contributed by atoms with Gasteiger partial charge in [0.05, 0.1) is 0 Å². The van der Waals surface area contributed by atoms with E-state index in [-0.39, 0.29) is 0 Å². The van der Waals surface area contributed by atoms with Crippen molar-refractivity contribution in [1.29, 1.82) is 0 Å². The lowest BCUT2D eigenvalue weighted by Crippen LogP contribution is -2.52. The van der Waals surface area contributed by atoms with E-state index in [1.165, 1.54) is 56.9 Å². The maximum absolute atomic E-state index is 3.73. The Morgan fingerprint density at radius 1 is 1.29 bits per heavy atom. The van der Waals surface area contributed by atoms with Crippen LogP contribution in [0, 0.1) is 5.92 Å². The van der Waals surface area contributed by atoms with Gasteiger partial charge >= 0.3 is 0 Å². The van der Waals surface area contributed by atoms with Gasteiger partial charge in [0, 0.05) is 24.4 Å². The van der Waals surface area contributed by atoms with Gasteiger partial charge in [0.2, 0.25) is 0 Å². The third kappa shape index (κ3) is 1.70. The van der Waals surface area contributed by atoms with Crippen LogP contribution in [0.2, 0.25) is 0 Å². The maximum atomic E-state index is 3.73. The summed E-state index contributed by atoms with van der Waals surface area (Å²) in [4.78, 5) is 2.69. The lowest BCUT2D eigenvalue weighted by atomic mass is 9.73. The average Bonchev–Trinajstić information content (AvgIpc) is 2.58. The molecule has 0 aromatic carbocycles. The van der Waals surface area contributed by atoms with Gasteiger partial charge in [0.25, 0.3) is 0 Å². The molecule has 0 unspecified atom stereocenters. The quantitative estimate of drug-likeness (QED) is 0.740. The molecule has 0 aromatic rings. The molecular formula is C11H20N2S. The first kappa shape index (κ1) is 9.49. The lowest BCUT2D eigenvalue weighted by Gasteiger charge is -2.41. The summed E-state index contributed by atoms with van der Waals surface area (Å²) >= 11 is 2.13. The fraction of sp³-hybridized carbons (Fsp3) is 1.00. The highest BCUT2D eigenvalue weighted by Gasteiger charge is 2.50. The average molecular weight is 212 g/mol. The number of nitrogens with one attached hydrogen (secondary N) is 1. The molecule has 1 N–H and O–H groups in total. The minimum absolute atomic E-state index is 0.555. The molecule has 2 bridgehead atoms. The molecule has 3 aliphatic heterocycles. The zero-order valence-electron chi connectivity index (χ0n) is 8.80. The summed E-state index contributed by atoms with van der Waals surface area (Å²) in [5.41, 5.74) is 0.555. The predicted octanol–water partition coefficient (Wildman–Crippen LogP) is 1.18. The smallest absolute Gasteiger partial charge is 0.0315 e. The van der Waals surface area contributed by atoms with E-state index < -0.39 is 0 Å². The topological polar surface area (TPSA) is 15.3 Å². The van der Waals surface area contributed by atoms with Gasteiger partial charge in [-0.1, -0.05) is 0 Å². The van der Waals surface area contributed by atoms with Crippen LogP contribution < -0.4 is 5.32 Å². The van der Waals surface area contributed by atoms with Crippen LogP contribution in [-0.4, -0.2) is 48.1 Å². The van der Waals surface area contributed by atoms with Crippen LogP contribution in [0.5, 0.6) is 0 Å². The Labute approximate surface area is 90.8 Å². The first-order chi connectivity index (χ1) is 6.86. The fourth-order valence-electron chi connectivity index (χ4n) is 3.26. The molecule has 14 heavy (non-hydrogen) atoms. The van der Waals surface area contributed by atoms with Crippen LogP contribution in [0.1, 0.15) is 19.3 Å². The van der Waals surface area contributed by atoms with Gasteiger partial charge in [-0.15, -0.1) is 0 Å². The largest absolute Gasteiger partial charge is 0.310 e. The van der Waals surface area contributed by atoms with E-state index in [0.717, 1.165) is 5.92 Å². The maximum Gasteiger partial charge on any atom is 0.0315 e. The van der Waals surface area contributed by atoms with Crippen molar-refractivity contribution in [2.24, 2.45) is 5.92 Å². The van der Waals surface area contributed by atoms with Gasteiger partial charge in [-0.3, -0.25) is 0 Å². The SMILES string of the molecule is C1CSCCN(CC23CC(CN2)C3)C1. The molecule has 4 fully saturated rings. The highest BCUT2D eigenvalue weighted by Crippen LogP contribution is 2.44. The van der Waals surface area contributed by atoms with Gasteiger partial charge in [-0.05, 0) is 44.0 Å². The third-order valence-corrected chi connectivity index (χ3v) is 5.01. The van der Waals surface area contributed by atoms with Crippen LogP contribution in [-0.2, 0) is 0 Å². The van der Waals surface area contributed by atoms with Crippen molar-refractivity contribution in [3.8, 4) is 0 Å². The molecule has 0 spiro atoms. The Kier molecular flexibility index (Phi) is 2.50. The van der Waals surface area contributed by atoms with Crippen molar-refractivity contribution in [1.82, 2.24) is 10.2 Å². The molecule has 80 valence electrons. The van der Waals surface area contributed by atoms with Crippen LogP contribution >= 0.6 is 11.8 Å². The molecule has 1 saturated carbocycles. The highest BCUT2D eigenvalue weighted by molar-refractivity contribution is 7.99. The van der Waals surface area contributed by atoms with E-state index in [1.54, 1.807) is 0 Å². The third-order valence-electron chi connectivity index (χ3n) is 3.97. The summed E-state index contributed by atoms with van der Waals surface area (Å²) in [7, 11) is 0. The number of thioether (sulfide) groups is 1. The number of nitrogens with zero attached hydrogens (tertiary/aromatic N) is 1. The van der Waals surface area contributed by atoms with E-state index in [2.05, 4.69) is 22.0 Å². The Morgan fingerprint density at radius 3 is 3.00 bits per heavy atom. The van der Waals surface area contributed by atoms with Gasteiger partial charge in [0.1, 0.15) is 0 Å².